The summed E-state index contributed by atoms with van der Waals surface area (Å²) < 4.78 is 5.22. The highest BCUT2D eigenvalue weighted by Crippen LogP contribution is 2.44. The van der Waals surface area contributed by atoms with Crippen LogP contribution in [0.15, 0.2) is 58.6 Å². The van der Waals surface area contributed by atoms with Gasteiger partial charge in [-0.25, -0.2) is 4.98 Å². The number of anilines is 2. The first-order valence-electron chi connectivity index (χ1n) is 10.6. The van der Waals surface area contributed by atoms with Gasteiger partial charge in [-0.3, -0.25) is 4.79 Å². The summed E-state index contributed by atoms with van der Waals surface area (Å²) in [5.41, 5.74) is 2.20. The van der Waals surface area contributed by atoms with Crippen molar-refractivity contribution >= 4 is 50.7 Å². The van der Waals surface area contributed by atoms with Crippen molar-refractivity contribution in [3.63, 3.8) is 0 Å². The molecule has 0 radical (unpaired) electrons. The number of carbonyl (C=O) groups is 1. The summed E-state index contributed by atoms with van der Waals surface area (Å²) >= 11 is 4.14. The Morgan fingerprint density at radius 1 is 1.22 bits per heavy atom. The molecule has 0 spiro atoms. The molecule has 3 N–H and O–H groups in total. The van der Waals surface area contributed by atoms with Crippen molar-refractivity contribution in [3.05, 3.63) is 79.6 Å². The van der Waals surface area contributed by atoms with E-state index in [1.807, 2.05) is 35.0 Å². The zero-order chi connectivity index (χ0) is 25.2. The van der Waals surface area contributed by atoms with E-state index in [1.165, 1.54) is 34.0 Å². The van der Waals surface area contributed by atoms with Crippen molar-refractivity contribution in [2.45, 2.75) is 12.3 Å². The lowest BCUT2D eigenvalue weighted by Gasteiger charge is -2.22. The van der Waals surface area contributed by atoms with Crippen LogP contribution in [0, 0.1) is 22.7 Å². The van der Waals surface area contributed by atoms with Gasteiger partial charge in [0.05, 0.1) is 29.9 Å². The van der Waals surface area contributed by atoms with Gasteiger partial charge < -0.3 is 20.5 Å². The van der Waals surface area contributed by atoms with E-state index in [-0.39, 0.29) is 23.8 Å². The molecule has 11 heteroatoms. The molecule has 4 heterocycles. The summed E-state index contributed by atoms with van der Waals surface area (Å²) in [6.07, 6.45) is -0.0194. The van der Waals surface area contributed by atoms with Crippen molar-refractivity contribution < 1.29 is 14.6 Å². The monoisotopic (exact) mass is 531 g/mol. The van der Waals surface area contributed by atoms with Gasteiger partial charge in [0.2, 0.25) is 11.8 Å². The van der Waals surface area contributed by atoms with Gasteiger partial charge in [0.25, 0.3) is 0 Å². The first-order chi connectivity index (χ1) is 17.5. The molecule has 0 aliphatic carbocycles. The minimum Gasteiger partial charge on any atom is -0.497 e. The van der Waals surface area contributed by atoms with Gasteiger partial charge in [-0.2, -0.15) is 10.5 Å². The number of nitriles is 2. The topological polar surface area (TPSA) is 131 Å². The fourth-order valence-electron chi connectivity index (χ4n) is 3.90. The first-order valence-corrected chi connectivity index (χ1v) is 13.2. The molecule has 4 aromatic rings. The number of aliphatic hydroxyl groups excluding tert-OH is 1. The minimum absolute atomic E-state index is 0.0194. The molecule has 0 fully saturated rings. The standard InChI is InChI=1S/C25H17N5O3S3/c1-33-14-6-4-13(5-7-14)21-16(11-27)24(32)30-23-22(21)36-20(29-23)9-19(31)28-25-15(10-26)17(12-35-25)18-3-2-8-34-18/h2-8,12,21,30,32H,9H2,1H3,(H,28,31). The molecule has 1 amide bonds. The van der Waals surface area contributed by atoms with Crippen LogP contribution in [0.4, 0.5) is 10.8 Å². The molecule has 0 saturated carbocycles. The first kappa shape index (κ1) is 23.6. The van der Waals surface area contributed by atoms with Crippen molar-refractivity contribution in [3.8, 4) is 28.3 Å². The van der Waals surface area contributed by atoms with Crippen LogP contribution in [-0.2, 0) is 11.2 Å². The van der Waals surface area contributed by atoms with E-state index in [0.717, 1.165) is 20.9 Å². The Kier molecular flexibility index (Phi) is 6.44. The molecular formula is C25H17N5O3S3. The number of hydrogen-bond acceptors (Lipinski definition) is 10. The smallest absolute Gasteiger partial charge is 0.231 e. The van der Waals surface area contributed by atoms with Crippen LogP contribution in [0.3, 0.4) is 0 Å². The van der Waals surface area contributed by atoms with Gasteiger partial charge in [0.1, 0.15) is 39.3 Å². The Morgan fingerprint density at radius 2 is 2.03 bits per heavy atom. The molecule has 1 atom stereocenters. The van der Waals surface area contributed by atoms with Gasteiger partial charge in [-0.1, -0.05) is 18.2 Å². The molecule has 0 bridgehead atoms. The number of rotatable bonds is 6. The largest absolute Gasteiger partial charge is 0.497 e. The third-order valence-corrected chi connectivity index (χ3v) is 8.48. The summed E-state index contributed by atoms with van der Waals surface area (Å²) in [4.78, 5) is 19.1. The van der Waals surface area contributed by atoms with Crippen molar-refractivity contribution in [2.75, 3.05) is 17.7 Å². The summed E-state index contributed by atoms with van der Waals surface area (Å²) in [6, 6.07) is 15.4. The summed E-state index contributed by atoms with van der Waals surface area (Å²) in [6.45, 7) is 0. The van der Waals surface area contributed by atoms with Gasteiger partial charge in [-0.15, -0.1) is 34.0 Å². The second kappa shape index (κ2) is 9.84. The highest BCUT2D eigenvalue weighted by Gasteiger charge is 2.33. The molecule has 1 aliphatic heterocycles. The van der Waals surface area contributed by atoms with Crippen LogP contribution in [0.1, 0.15) is 26.9 Å². The van der Waals surface area contributed by atoms with E-state index in [0.29, 0.717) is 27.1 Å². The number of methoxy groups -OCH3 is 1. The Hall–Kier alpha value is -4.16. The second-order valence-corrected chi connectivity index (χ2v) is 10.6. The number of nitrogens with one attached hydrogen (secondary N) is 2. The van der Waals surface area contributed by atoms with Crippen LogP contribution in [-0.4, -0.2) is 23.1 Å². The molecule has 178 valence electrons. The minimum atomic E-state index is -0.526. The Labute approximate surface area is 218 Å². The summed E-state index contributed by atoms with van der Waals surface area (Å²) in [5, 5.41) is 40.3. The predicted molar refractivity (Wildman–Crippen MR) is 141 cm³/mol. The normalized spacial score (nSPS) is 14.4. The zero-order valence-electron chi connectivity index (χ0n) is 18.7. The molecule has 0 saturated heterocycles. The van der Waals surface area contributed by atoms with Crippen LogP contribution >= 0.6 is 34.0 Å². The molecule has 8 nitrogen and oxygen atoms in total. The Balaban J connectivity index is 1.39. The fraction of sp³-hybridized carbons (Fsp3) is 0.120. The van der Waals surface area contributed by atoms with Gasteiger partial charge >= 0.3 is 0 Å². The average molecular weight is 532 g/mol. The van der Waals surface area contributed by atoms with Gasteiger partial charge in [0.15, 0.2) is 0 Å². The van der Waals surface area contributed by atoms with Crippen molar-refractivity contribution in [2.24, 2.45) is 0 Å². The van der Waals surface area contributed by atoms with E-state index >= 15 is 0 Å². The molecule has 1 aliphatic rings. The number of nitrogens with zero attached hydrogens (tertiary/aromatic N) is 3. The number of thiazole rings is 1. The molecule has 3 aromatic heterocycles. The Morgan fingerprint density at radius 3 is 2.69 bits per heavy atom. The lowest BCUT2D eigenvalue weighted by atomic mass is 9.88. The molecule has 1 aromatic carbocycles. The number of aliphatic hydroxyl groups is 1. The third-order valence-electron chi connectivity index (χ3n) is 5.56. The second-order valence-electron chi connectivity index (χ2n) is 7.69. The van der Waals surface area contributed by atoms with E-state index in [4.69, 9.17) is 4.74 Å². The maximum absolute atomic E-state index is 12.9. The number of thiophene rings is 2. The highest BCUT2D eigenvalue weighted by atomic mass is 32.1. The maximum Gasteiger partial charge on any atom is 0.231 e. The number of fused-ring (bicyclic) bond motifs is 1. The van der Waals surface area contributed by atoms with Crippen molar-refractivity contribution in [1.29, 1.82) is 10.5 Å². The quantitative estimate of drug-likeness (QED) is 0.285. The lowest BCUT2D eigenvalue weighted by Crippen LogP contribution is -2.17. The SMILES string of the molecule is COc1ccc(C2C(C#N)=C(O)Nc3nc(CC(=O)Nc4scc(-c5cccs5)c4C#N)sc32)cc1. The van der Waals surface area contributed by atoms with E-state index < -0.39 is 5.92 Å². The number of aromatic nitrogens is 1. The number of carbonyl (C=O) groups excluding carboxylic acids is 1. The Bertz CT molecular complexity index is 1550. The number of allylic oxidation sites excluding steroid dienone is 1. The fourth-order valence-corrected chi connectivity index (χ4v) is 6.81. The maximum atomic E-state index is 12.9. The predicted octanol–water partition coefficient (Wildman–Crippen LogP) is 5.85. The molecule has 1 unspecified atom stereocenters. The van der Waals surface area contributed by atoms with Crippen LogP contribution < -0.4 is 15.4 Å². The number of ether oxygens (including phenoxy) is 1. The molecule has 36 heavy (non-hydrogen) atoms. The molecular weight excluding hydrogens is 515 g/mol. The van der Waals surface area contributed by atoms with Crippen molar-refractivity contribution in [1.82, 2.24) is 4.98 Å². The number of hydrogen-bond donors (Lipinski definition) is 3. The zero-order valence-corrected chi connectivity index (χ0v) is 21.2. The van der Waals surface area contributed by atoms with E-state index in [2.05, 4.69) is 27.8 Å². The van der Waals surface area contributed by atoms with E-state index in [1.54, 1.807) is 19.2 Å². The highest BCUT2D eigenvalue weighted by molar-refractivity contribution is 7.17. The van der Waals surface area contributed by atoms with Crippen LogP contribution in [0.25, 0.3) is 10.4 Å². The van der Waals surface area contributed by atoms with E-state index in [9.17, 15) is 20.4 Å². The lowest BCUT2D eigenvalue weighted by molar-refractivity contribution is -0.115. The average Bonchev–Trinajstić information content (AvgIpc) is 3.62. The third kappa shape index (κ3) is 4.32. The van der Waals surface area contributed by atoms with Crippen LogP contribution in [0.5, 0.6) is 5.75 Å². The number of benzene rings is 1. The molecule has 5 rings (SSSR count). The van der Waals surface area contributed by atoms with Gasteiger partial charge in [-0.05, 0) is 29.1 Å². The van der Waals surface area contributed by atoms with Crippen LogP contribution in [0.2, 0.25) is 0 Å². The number of amides is 1. The summed E-state index contributed by atoms with van der Waals surface area (Å²) in [5.74, 6) is -0.00795. The summed E-state index contributed by atoms with van der Waals surface area (Å²) in [7, 11) is 1.57. The van der Waals surface area contributed by atoms with Gasteiger partial charge in [0, 0.05) is 15.8 Å².